The Morgan fingerprint density at radius 3 is 2.36 bits per heavy atom. The highest BCUT2D eigenvalue weighted by molar-refractivity contribution is 6.34. The highest BCUT2D eigenvalue weighted by atomic mass is 16.5. The molecule has 0 atom stereocenters. The van der Waals surface area contributed by atoms with E-state index in [0.29, 0.717) is 0 Å². The van der Waals surface area contributed by atoms with Gasteiger partial charge < -0.3 is 5.32 Å². The van der Waals surface area contributed by atoms with Crippen LogP contribution in [0.4, 0.5) is 0 Å². The van der Waals surface area contributed by atoms with Crippen LogP contribution in [0.5, 0.6) is 0 Å². The quantitative estimate of drug-likeness (QED) is 0.347. The molecular weight excluding hydrogens is 184 g/mol. The largest absolute Gasteiger partial charge is 0.344 e. The SMILES string of the molecule is O=C(NO)C(=O)NCc1ccccc1. The van der Waals surface area contributed by atoms with Gasteiger partial charge in [0.25, 0.3) is 0 Å². The second kappa shape index (κ2) is 4.98. The molecule has 0 fully saturated rings. The molecule has 74 valence electrons. The zero-order chi connectivity index (χ0) is 10.4. The molecular formula is C9H10N2O3. The Hall–Kier alpha value is -1.88. The van der Waals surface area contributed by atoms with Gasteiger partial charge in [-0.15, -0.1) is 0 Å². The highest BCUT2D eigenvalue weighted by Gasteiger charge is 2.10. The molecule has 0 bridgehead atoms. The normalized spacial score (nSPS) is 9.21. The van der Waals surface area contributed by atoms with Crippen LogP contribution in [0.15, 0.2) is 30.3 Å². The molecule has 0 saturated carbocycles. The fourth-order valence-corrected chi connectivity index (χ4v) is 0.909. The second-order valence-electron chi connectivity index (χ2n) is 2.61. The lowest BCUT2D eigenvalue weighted by molar-refractivity contribution is -0.144. The van der Waals surface area contributed by atoms with Crippen molar-refractivity contribution in [3.8, 4) is 0 Å². The van der Waals surface area contributed by atoms with Crippen molar-refractivity contribution in [3.05, 3.63) is 35.9 Å². The van der Waals surface area contributed by atoms with E-state index in [-0.39, 0.29) is 6.54 Å². The lowest BCUT2D eigenvalue weighted by Gasteiger charge is -2.02. The van der Waals surface area contributed by atoms with Crippen LogP contribution in [0.3, 0.4) is 0 Å². The van der Waals surface area contributed by atoms with E-state index in [1.54, 1.807) is 0 Å². The summed E-state index contributed by atoms with van der Waals surface area (Å²) in [7, 11) is 0. The molecule has 0 aromatic heterocycles. The van der Waals surface area contributed by atoms with E-state index < -0.39 is 11.8 Å². The Bertz CT molecular complexity index is 324. The maximum Gasteiger partial charge on any atom is 0.332 e. The van der Waals surface area contributed by atoms with Crippen molar-refractivity contribution in [2.75, 3.05) is 0 Å². The van der Waals surface area contributed by atoms with Crippen molar-refractivity contribution in [1.29, 1.82) is 0 Å². The number of carbonyl (C=O) groups excluding carboxylic acids is 2. The van der Waals surface area contributed by atoms with Crippen molar-refractivity contribution in [2.24, 2.45) is 0 Å². The van der Waals surface area contributed by atoms with Crippen molar-refractivity contribution in [3.63, 3.8) is 0 Å². The summed E-state index contributed by atoms with van der Waals surface area (Å²) in [6, 6.07) is 9.14. The van der Waals surface area contributed by atoms with Gasteiger partial charge in [0.2, 0.25) is 0 Å². The van der Waals surface area contributed by atoms with Crippen LogP contribution in [-0.4, -0.2) is 17.0 Å². The van der Waals surface area contributed by atoms with Crippen molar-refractivity contribution in [1.82, 2.24) is 10.8 Å². The summed E-state index contributed by atoms with van der Waals surface area (Å²) < 4.78 is 0. The molecule has 0 heterocycles. The third-order valence-corrected chi connectivity index (χ3v) is 1.60. The number of hydrogen-bond acceptors (Lipinski definition) is 3. The van der Waals surface area contributed by atoms with Gasteiger partial charge in [0.05, 0.1) is 0 Å². The Morgan fingerprint density at radius 1 is 1.14 bits per heavy atom. The summed E-state index contributed by atoms with van der Waals surface area (Å²) in [5.41, 5.74) is 2.13. The first-order valence-electron chi connectivity index (χ1n) is 4.00. The average molecular weight is 194 g/mol. The summed E-state index contributed by atoms with van der Waals surface area (Å²) in [5, 5.41) is 10.5. The van der Waals surface area contributed by atoms with Gasteiger partial charge in [-0.1, -0.05) is 30.3 Å². The third-order valence-electron chi connectivity index (χ3n) is 1.60. The maximum absolute atomic E-state index is 10.9. The molecule has 5 heteroatoms. The molecule has 0 aliphatic heterocycles. The molecule has 0 radical (unpaired) electrons. The molecule has 14 heavy (non-hydrogen) atoms. The molecule has 1 aromatic rings. The number of nitrogens with one attached hydrogen (secondary N) is 2. The predicted octanol–water partition coefficient (Wildman–Crippen LogP) is -0.192. The van der Waals surface area contributed by atoms with E-state index >= 15 is 0 Å². The monoisotopic (exact) mass is 194 g/mol. The molecule has 0 saturated heterocycles. The van der Waals surface area contributed by atoms with Gasteiger partial charge in [0.15, 0.2) is 0 Å². The Morgan fingerprint density at radius 2 is 1.79 bits per heavy atom. The van der Waals surface area contributed by atoms with Crippen LogP contribution in [0.1, 0.15) is 5.56 Å². The van der Waals surface area contributed by atoms with Crippen LogP contribution in [0, 0.1) is 0 Å². The number of hydrogen-bond donors (Lipinski definition) is 3. The average Bonchev–Trinajstić information content (AvgIpc) is 2.26. The summed E-state index contributed by atoms with van der Waals surface area (Å²) >= 11 is 0. The molecule has 5 nitrogen and oxygen atoms in total. The number of rotatable bonds is 2. The Balaban J connectivity index is 2.42. The number of benzene rings is 1. The van der Waals surface area contributed by atoms with Gasteiger partial charge >= 0.3 is 11.8 Å². The Labute approximate surface area is 80.7 Å². The minimum atomic E-state index is -1.07. The first-order chi connectivity index (χ1) is 6.74. The molecule has 0 unspecified atom stereocenters. The van der Waals surface area contributed by atoms with E-state index in [1.807, 2.05) is 30.3 Å². The molecule has 3 N–H and O–H groups in total. The molecule has 2 amide bonds. The van der Waals surface area contributed by atoms with Gasteiger partial charge in [-0.2, -0.15) is 0 Å². The fraction of sp³-hybridized carbons (Fsp3) is 0.111. The zero-order valence-corrected chi connectivity index (χ0v) is 7.36. The molecule has 1 rings (SSSR count). The van der Waals surface area contributed by atoms with E-state index in [4.69, 9.17) is 5.21 Å². The van der Waals surface area contributed by atoms with Crippen LogP contribution >= 0.6 is 0 Å². The van der Waals surface area contributed by atoms with E-state index in [1.165, 1.54) is 5.48 Å². The summed E-state index contributed by atoms with van der Waals surface area (Å²) in [6.45, 7) is 0.257. The first-order valence-corrected chi connectivity index (χ1v) is 4.00. The van der Waals surface area contributed by atoms with Gasteiger partial charge in [-0.3, -0.25) is 14.8 Å². The lowest BCUT2D eigenvalue weighted by atomic mass is 10.2. The predicted molar refractivity (Wildman–Crippen MR) is 48.2 cm³/mol. The molecule has 1 aromatic carbocycles. The zero-order valence-electron chi connectivity index (χ0n) is 7.36. The van der Waals surface area contributed by atoms with Gasteiger partial charge in [0.1, 0.15) is 0 Å². The molecule has 0 aliphatic rings. The van der Waals surface area contributed by atoms with Crippen LogP contribution < -0.4 is 10.8 Å². The summed E-state index contributed by atoms with van der Waals surface area (Å²) in [4.78, 5) is 21.4. The first kappa shape index (κ1) is 10.2. The van der Waals surface area contributed by atoms with Crippen molar-refractivity contribution >= 4 is 11.8 Å². The van der Waals surface area contributed by atoms with Crippen LogP contribution in [0.25, 0.3) is 0 Å². The number of carbonyl (C=O) groups is 2. The summed E-state index contributed by atoms with van der Waals surface area (Å²) in [5.74, 6) is -1.93. The van der Waals surface area contributed by atoms with Gasteiger partial charge in [-0.25, -0.2) is 5.48 Å². The van der Waals surface area contributed by atoms with E-state index in [9.17, 15) is 9.59 Å². The highest BCUT2D eigenvalue weighted by Crippen LogP contribution is 1.96. The second-order valence-corrected chi connectivity index (χ2v) is 2.61. The number of amides is 2. The maximum atomic E-state index is 10.9. The minimum absolute atomic E-state index is 0.257. The van der Waals surface area contributed by atoms with Crippen LogP contribution in [-0.2, 0) is 16.1 Å². The topological polar surface area (TPSA) is 78.4 Å². The Kier molecular flexibility index (Phi) is 3.63. The lowest BCUT2D eigenvalue weighted by Crippen LogP contribution is -2.37. The fourth-order valence-electron chi connectivity index (χ4n) is 0.909. The van der Waals surface area contributed by atoms with E-state index in [0.717, 1.165) is 5.56 Å². The smallest absolute Gasteiger partial charge is 0.332 e. The standard InChI is InChI=1S/C9H10N2O3/c12-8(9(13)11-14)10-6-7-4-2-1-3-5-7/h1-5,14H,6H2,(H,10,12)(H,11,13). The van der Waals surface area contributed by atoms with Gasteiger partial charge in [-0.05, 0) is 5.56 Å². The minimum Gasteiger partial charge on any atom is -0.344 e. The summed E-state index contributed by atoms with van der Waals surface area (Å²) in [6.07, 6.45) is 0. The third kappa shape index (κ3) is 2.87. The molecule has 0 spiro atoms. The number of hydroxylamine groups is 1. The molecule has 0 aliphatic carbocycles. The van der Waals surface area contributed by atoms with Crippen molar-refractivity contribution < 1.29 is 14.8 Å². The van der Waals surface area contributed by atoms with E-state index in [2.05, 4.69) is 5.32 Å². The van der Waals surface area contributed by atoms with Crippen LogP contribution in [0.2, 0.25) is 0 Å². The van der Waals surface area contributed by atoms with Crippen molar-refractivity contribution in [2.45, 2.75) is 6.54 Å². The van der Waals surface area contributed by atoms with Gasteiger partial charge in [0, 0.05) is 6.54 Å².